The van der Waals surface area contributed by atoms with Gasteiger partial charge in [-0.25, -0.2) is 8.42 Å². The Labute approximate surface area is 194 Å². The van der Waals surface area contributed by atoms with Crippen LogP contribution in [0.3, 0.4) is 0 Å². The van der Waals surface area contributed by atoms with E-state index in [-0.39, 0.29) is 21.4 Å². The fourth-order valence-electron chi connectivity index (χ4n) is 3.44. The number of amides is 1. The molecule has 0 aliphatic carbocycles. The van der Waals surface area contributed by atoms with Gasteiger partial charge in [-0.05, 0) is 69.0 Å². The second-order valence-electron chi connectivity index (χ2n) is 7.92. The van der Waals surface area contributed by atoms with E-state index in [1.807, 2.05) is 45.0 Å². The van der Waals surface area contributed by atoms with Crippen molar-refractivity contribution in [2.24, 2.45) is 0 Å². The van der Waals surface area contributed by atoms with Crippen molar-refractivity contribution in [1.29, 1.82) is 0 Å². The van der Waals surface area contributed by atoms with E-state index in [1.54, 1.807) is 6.07 Å². The molecule has 0 aromatic heterocycles. The number of halogens is 1. The number of anilines is 1. The maximum absolute atomic E-state index is 13.0. The molecule has 1 amide bonds. The lowest BCUT2D eigenvalue weighted by Gasteiger charge is -2.13. The van der Waals surface area contributed by atoms with Gasteiger partial charge >= 0.3 is 0 Å². The Balaban J connectivity index is 1.68. The summed E-state index contributed by atoms with van der Waals surface area (Å²) in [5, 5.41) is 2.90. The van der Waals surface area contributed by atoms with Gasteiger partial charge in [0.15, 0.2) is 0 Å². The van der Waals surface area contributed by atoms with Crippen molar-refractivity contribution < 1.29 is 13.2 Å². The monoisotopic (exact) mass is 470 g/mol. The van der Waals surface area contributed by atoms with Crippen LogP contribution in [0.25, 0.3) is 0 Å². The van der Waals surface area contributed by atoms with Crippen LogP contribution in [0, 0.1) is 20.8 Å². The van der Waals surface area contributed by atoms with Crippen molar-refractivity contribution >= 4 is 33.2 Å². The highest BCUT2D eigenvalue weighted by molar-refractivity contribution is 7.92. The minimum Gasteiger partial charge on any atom is -0.352 e. The van der Waals surface area contributed by atoms with E-state index in [0.717, 1.165) is 24.0 Å². The van der Waals surface area contributed by atoms with Crippen LogP contribution in [0.15, 0.2) is 65.6 Å². The molecule has 3 rings (SSSR count). The van der Waals surface area contributed by atoms with E-state index in [0.29, 0.717) is 12.2 Å². The number of carbonyl (C=O) groups excluding carboxylic acids is 1. The highest BCUT2D eigenvalue weighted by Crippen LogP contribution is 2.26. The van der Waals surface area contributed by atoms with Gasteiger partial charge in [0.05, 0.1) is 10.7 Å². The van der Waals surface area contributed by atoms with Gasteiger partial charge in [-0.2, -0.15) is 0 Å². The van der Waals surface area contributed by atoms with Crippen LogP contribution in [-0.2, 0) is 16.4 Å². The fourth-order valence-corrected chi connectivity index (χ4v) is 5.10. The zero-order valence-corrected chi connectivity index (χ0v) is 20.0. The number of hydrogen-bond donors (Lipinski definition) is 2. The molecule has 0 heterocycles. The lowest BCUT2D eigenvalue weighted by atomic mass is 10.1. The summed E-state index contributed by atoms with van der Waals surface area (Å²) in [7, 11) is -3.96. The van der Waals surface area contributed by atoms with E-state index in [9.17, 15) is 13.2 Å². The van der Waals surface area contributed by atoms with Gasteiger partial charge in [0.25, 0.3) is 15.9 Å². The minimum atomic E-state index is -3.96. The second-order valence-corrected chi connectivity index (χ2v) is 9.98. The molecule has 3 aromatic carbocycles. The number of hydrogen-bond acceptors (Lipinski definition) is 3. The number of carbonyl (C=O) groups is 1. The van der Waals surface area contributed by atoms with Crippen molar-refractivity contribution in [3.8, 4) is 0 Å². The molecule has 2 N–H and O–H groups in total. The highest BCUT2D eigenvalue weighted by Gasteiger charge is 2.21. The topological polar surface area (TPSA) is 75.3 Å². The Kier molecular flexibility index (Phi) is 7.59. The Morgan fingerprint density at radius 2 is 1.69 bits per heavy atom. The van der Waals surface area contributed by atoms with Crippen molar-refractivity contribution in [1.82, 2.24) is 5.32 Å². The number of rotatable bonds is 8. The lowest BCUT2D eigenvalue weighted by molar-refractivity contribution is 0.0953. The first-order chi connectivity index (χ1) is 15.2. The molecule has 0 aliphatic heterocycles. The smallest absolute Gasteiger partial charge is 0.263 e. The molecule has 168 valence electrons. The van der Waals surface area contributed by atoms with Gasteiger partial charge in [-0.1, -0.05) is 59.1 Å². The predicted octanol–water partition coefficient (Wildman–Crippen LogP) is 5.43. The van der Waals surface area contributed by atoms with Crippen LogP contribution in [0.5, 0.6) is 0 Å². The Morgan fingerprint density at radius 3 is 2.41 bits per heavy atom. The van der Waals surface area contributed by atoms with Gasteiger partial charge in [-0.15, -0.1) is 0 Å². The first kappa shape index (κ1) is 23.8. The van der Waals surface area contributed by atoms with Crippen LogP contribution < -0.4 is 10.0 Å². The van der Waals surface area contributed by atoms with E-state index in [4.69, 9.17) is 11.6 Å². The average molecular weight is 471 g/mol. The number of sulfonamides is 1. The standard InChI is InChI=1S/C25H27ClN2O3S/c1-17-6-4-7-20(15-17)8-5-13-27-25(29)21-10-11-22(26)24(16-21)32(30,31)28-23-12-9-18(2)14-19(23)3/h4,6-7,9-12,14-16,28H,5,8,13H2,1-3H3,(H,27,29). The van der Waals surface area contributed by atoms with Crippen LogP contribution in [0.4, 0.5) is 5.69 Å². The van der Waals surface area contributed by atoms with Gasteiger partial charge in [0, 0.05) is 12.1 Å². The van der Waals surface area contributed by atoms with Crippen LogP contribution >= 0.6 is 11.6 Å². The average Bonchev–Trinajstić information content (AvgIpc) is 2.73. The van der Waals surface area contributed by atoms with Gasteiger partial charge in [0.2, 0.25) is 0 Å². The molecule has 0 atom stereocenters. The summed E-state index contributed by atoms with van der Waals surface area (Å²) < 4.78 is 28.5. The van der Waals surface area contributed by atoms with Crippen LogP contribution in [-0.4, -0.2) is 20.9 Å². The van der Waals surface area contributed by atoms with E-state index < -0.39 is 10.0 Å². The molecule has 0 fully saturated rings. The first-order valence-electron chi connectivity index (χ1n) is 10.4. The maximum Gasteiger partial charge on any atom is 0.263 e. The molecular weight excluding hydrogens is 444 g/mol. The molecule has 5 nitrogen and oxygen atoms in total. The lowest BCUT2D eigenvalue weighted by Crippen LogP contribution is -2.25. The largest absolute Gasteiger partial charge is 0.352 e. The van der Waals surface area contributed by atoms with Gasteiger partial charge in [0.1, 0.15) is 4.90 Å². The summed E-state index contributed by atoms with van der Waals surface area (Å²) in [6.07, 6.45) is 1.63. The fraction of sp³-hybridized carbons (Fsp3) is 0.240. The van der Waals surface area contributed by atoms with Gasteiger partial charge in [-0.3, -0.25) is 9.52 Å². The summed E-state index contributed by atoms with van der Waals surface area (Å²) in [6, 6.07) is 17.9. The van der Waals surface area contributed by atoms with Crippen molar-refractivity contribution in [2.45, 2.75) is 38.5 Å². The maximum atomic E-state index is 13.0. The Bertz CT molecular complexity index is 1240. The molecule has 0 aliphatic rings. The molecule has 3 aromatic rings. The predicted molar refractivity (Wildman–Crippen MR) is 130 cm³/mol. The first-order valence-corrected chi connectivity index (χ1v) is 12.3. The Morgan fingerprint density at radius 1 is 0.938 bits per heavy atom. The molecule has 0 radical (unpaired) electrons. The van der Waals surface area contributed by atoms with Crippen molar-refractivity contribution in [3.63, 3.8) is 0 Å². The molecule has 0 unspecified atom stereocenters. The minimum absolute atomic E-state index is 0.0539. The molecular formula is C25H27ClN2O3S. The summed E-state index contributed by atoms with van der Waals surface area (Å²) in [5.74, 6) is -0.339. The second kappa shape index (κ2) is 10.2. The zero-order chi connectivity index (χ0) is 23.3. The normalized spacial score (nSPS) is 11.2. The number of aryl methyl sites for hydroxylation is 4. The van der Waals surface area contributed by atoms with E-state index >= 15 is 0 Å². The van der Waals surface area contributed by atoms with E-state index in [2.05, 4.69) is 22.2 Å². The van der Waals surface area contributed by atoms with Crippen molar-refractivity contribution in [2.75, 3.05) is 11.3 Å². The van der Waals surface area contributed by atoms with Crippen LogP contribution in [0.2, 0.25) is 5.02 Å². The third-order valence-electron chi connectivity index (χ3n) is 5.12. The summed E-state index contributed by atoms with van der Waals surface area (Å²) >= 11 is 6.17. The SMILES string of the molecule is Cc1cccc(CCCNC(=O)c2ccc(Cl)c(S(=O)(=O)Nc3ccc(C)cc3C)c2)c1. The van der Waals surface area contributed by atoms with Gasteiger partial charge < -0.3 is 5.32 Å². The third kappa shape index (κ3) is 6.11. The summed E-state index contributed by atoms with van der Waals surface area (Å²) in [4.78, 5) is 12.4. The highest BCUT2D eigenvalue weighted by atomic mass is 35.5. The molecule has 0 saturated carbocycles. The Hall–Kier alpha value is -2.83. The summed E-state index contributed by atoms with van der Waals surface area (Å²) in [6.45, 7) is 6.29. The summed E-state index contributed by atoms with van der Waals surface area (Å²) in [5.41, 5.74) is 4.97. The zero-order valence-electron chi connectivity index (χ0n) is 18.4. The molecule has 0 bridgehead atoms. The van der Waals surface area contributed by atoms with E-state index in [1.165, 1.54) is 29.3 Å². The molecule has 0 saturated heterocycles. The molecule has 32 heavy (non-hydrogen) atoms. The molecule has 0 spiro atoms. The van der Waals surface area contributed by atoms with Crippen LogP contribution in [0.1, 0.15) is 39.0 Å². The third-order valence-corrected chi connectivity index (χ3v) is 6.97. The van der Waals surface area contributed by atoms with Crippen molar-refractivity contribution in [3.05, 3.63) is 93.5 Å². The molecule has 7 heteroatoms. The number of nitrogens with one attached hydrogen (secondary N) is 2. The number of benzene rings is 3. The quantitative estimate of drug-likeness (QED) is 0.431.